The summed E-state index contributed by atoms with van der Waals surface area (Å²) in [5.74, 6) is 0.231. The normalized spacial score (nSPS) is 25.9. The third kappa shape index (κ3) is 1.33. The molecule has 0 spiro atoms. The second kappa shape index (κ2) is 2.69. The van der Waals surface area contributed by atoms with Crippen molar-refractivity contribution in [3.8, 4) is 0 Å². The van der Waals surface area contributed by atoms with Crippen LogP contribution in [0.5, 0.6) is 0 Å². The highest BCUT2D eigenvalue weighted by Crippen LogP contribution is 2.16. The van der Waals surface area contributed by atoms with E-state index in [1.807, 2.05) is 6.08 Å². The van der Waals surface area contributed by atoms with Gasteiger partial charge in [0.05, 0.1) is 12.4 Å². The molecular weight excluding hydrogens is 116 g/mol. The monoisotopic (exact) mass is 126 g/mol. The summed E-state index contributed by atoms with van der Waals surface area (Å²) in [6.45, 7) is 0.0344. The standard InChI is InChI=1S/C7H10O2/c8-5-6-3-1-2-4-7(6)9/h1-2,4,6,8-9H,3,5H2. The van der Waals surface area contributed by atoms with Gasteiger partial charge in [-0.2, -0.15) is 0 Å². The van der Waals surface area contributed by atoms with E-state index in [-0.39, 0.29) is 12.5 Å². The second-order valence-corrected chi connectivity index (χ2v) is 2.13. The van der Waals surface area contributed by atoms with Crippen LogP contribution in [0.1, 0.15) is 6.42 Å². The summed E-state index contributed by atoms with van der Waals surface area (Å²) in [4.78, 5) is 0. The summed E-state index contributed by atoms with van der Waals surface area (Å²) in [6, 6.07) is 0. The quantitative estimate of drug-likeness (QED) is 0.550. The molecule has 0 aromatic carbocycles. The summed E-state index contributed by atoms with van der Waals surface area (Å²) < 4.78 is 0. The molecule has 0 saturated carbocycles. The average Bonchev–Trinajstić information content (AvgIpc) is 1.89. The van der Waals surface area contributed by atoms with Crippen molar-refractivity contribution in [2.24, 2.45) is 5.92 Å². The van der Waals surface area contributed by atoms with Crippen LogP contribution >= 0.6 is 0 Å². The molecule has 1 aliphatic rings. The predicted molar refractivity (Wildman–Crippen MR) is 35.0 cm³/mol. The maximum atomic E-state index is 9.02. The van der Waals surface area contributed by atoms with Gasteiger partial charge in [0, 0.05) is 5.92 Å². The number of aliphatic hydroxyl groups excluding tert-OH is 2. The lowest BCUT2D eigenvalue weighted by Gasteiger charge is -2.12. The Hall–Kier alpha value is -0.760. The first-order valence-electron chi connectivity index (χ1n) is 3.01. The van der Waals surface area contributed by atoms with E-state index in [1.54, 1.807) is 12.2 Å². The van der Waals surface area contributed by atoms with Gasteiger partial charge in [0.25, 0.3) is 0 Å². The van der Waals surface area contributed by atoms with E-state index >= 15 is 0 Å². The second-order valence-electron chi connectivity index (χ2n) is 2.13. The molecule has 1 rings (SSSR count). The van der Waals surface area contributed by atoms with E-state index in [9.17, 15) is 0 Å². The Morgan fingerprint density at radius 3 is 2.89 bits per heavy atom. The van der Waals surface area contributed by atoms with Gasteiger partial charge in [-0.15, -0.1) is 0 Å². The highest BCUT2D eigenvalue weighted by molar-refractivity contribution is 5.15. The van der Waals surface area contributed by atoms with Gasteiger partial charge in [-0.1, -0.05) is 12.2 Å². The SMILES string of the molecule is OCC1CC=CC=C1O. The Labute approximate surface area is 54.1 Å². The molecule has 0 fully saturated rings. The van der Waals surface area contributed by atoms with Gasteiger partial charge in [-0.25, -0.2) is 0 Å². The first-order chi connectivity index (χ1) is 4.34. The smallest absolute Gasteiger partial charge is 0.0979 e. The van der Waals surface area contributed by atoms with E-state index in [4.69, 9.17) is 10.2 Å². The van der Waals surface area contributed by atoms with E-state index in [0.717, 1.165) is 6.42 Å². The molecule has 0 aromatic rings. The molecule has 1 aliphatic carbocycles. The first-order valence-corrected chi connectivity index (χ1v) is 3.01. The maximum Gasteiger partial charge on any atom is 0.0979 e. The fourth-order valence-corrected chi connectivity index (χ4v) is 0.834. The summed E-state index contributed by atoms with van der Waals surface area (Å²) >= 11 is 0. The lowest BCUT2D eigenvalue weighted by Crippen LogP contribution is -2.09. The minimum atomic E-state index is -0.0602. The Balaban J connectivity index is 2.59. The molecule has 50 valence electrons. The zero-order chi connectivity index (χ0) is 6.69. The van der Waals surface area contributed by atoms with Gasteiger partial charge < -0.3 is 10.2 Å². The molecule has 1 atom stereocenters. The Morgan fingerprint density at radius 2 is 2.44 bits per heavy atom. The predicted octanol–water partition coefficient (Wildman–Crippen LogP) is 0.997. The van der Waals surface area contributed by atoms with Crippen molar-refractivity contribution < 1.29 is 10.2 Å². The van der Waals surface area contributed by atoms with Gasteiger partial charge in [-0.05, 0) is 12.5 Å². The molecule has 0 amide bonds. The van der Waals surface area contributed by atoms with Crippen LogP contribution < -0.4 is 0 Å². The average molecular weight is 126 g/mol. The largest absolute Gasteiger partial charge is 0.512 e. The third-order valence-electron chi connectivity index (χ3n) is 1.46. The van der Waals surface area contributed by atoms with Gasteiger partial charge >= 0.3 is 0 Å². The van der Waals surface area contributed by atoms with Crippen molar-refractivity contribution in [3.63, 3.8) is 0 Å². The number of aliphatic hydroxyl groups is 2. The topological polar surface area (TPSA) is 40.5 Å². The van der Waals surface area contributed by atoms with Crippen LogP contribution in [-0.4, -0.2) is 16.8 Å². The minimum Gasteiger partial charge on any atom is -0.512 e. The van der Waals surface area contributed by atoms with Gasteiger partial charge in [0.15, 0.2) is 0 Å². The lowest BCUT2D eigenvalue weighted by atomic mass is 10.00. The first kappa shape index (κ1) is 6.36. The molecule has 9 heavy (non-hydrogen) atoms. The molecule has 0 radical (unpaired) electrons. The van der Waals surface area contributed by atoms with Crippen LogP contribution in [0.3, 0.4) is 0 Å². The molecule has 0 heterocycles. The summed E-state index contributed by atoms with van der Waals surface area (Å²) in [5, 5.41) is 17.6. The van der Waals surface area contributed by atoms with E-state index < -0.39 is 0 Å². The van der Waals surface area contributed by atoms with Gasteiger partial charge in [0.1, 0.15) is 0 Å². The summed E-state index contributed by atoms with van der Waals surface area (Å²) in [7, 11) is 0. The van der Waals surface area contributed by atoms with Crippen LogP contribution in [-0.2, 0) is 0 Å². The molecule has 1 unspecified atom stereocenters. The molecule has 2 nitrogen and oxygen atoms in total. The zero-order valence-electron chi connectivity index (χ0n) is 5.12. The Bertz CT molecular complexity index is 147. The molecule has 2 N–H and O–H groups in total. The van der Waals surface area contributed by atoms with E-state index in [1.165, 1.54) is 0 Å². The van der Waals surface area contributed by atoms with Crippen LogP contribution in [0.2, 0.25) is 0 Å². The number of rotatable bonds is 1. The van der Waals surface area contributed by atoms with Crippen molar-refractivity contribution in [2.45, 2.75) is 6.42 Å². The zero-order valence-corrected chi connectivity index (χ0v) is 5.12. The van der Waals surface area contributed by atoms with Crippen molar-refractivity contribution >= 4 is 0 Å². The number of allylic oxidation sites excluding steroid dienone is 3. The van der Waals surface area contributed by atoms with Crippen molar-refractivity contribution in [1.82, 2.24) is 0 Å². The molecular formula is C7H10O2. The fourth-order valence-electron chi connectivity index (χ4n) is 0.834. The van der Waals surface area contributed by atoms with Crippen LogP contribution in [0, 0.1) is 5.92 Å². The van der Waals surface area contributed by atoms with Crippen molar-refractivity contribution in [2.75, 3.05) is 6.61 Å². The summed E-state index contributed by atoms with van der Waals surface area (Å²) in [5.41, 5.74) is 0. The van der Waals surface area contributed by atoms with Gasteiger partial charge in [0.2, 0.25) is 0 Å². The number of hydrogen-bond acceptors (Lipinski definition) is 2. The van der Waals surface area contributed by atoms with Gasteiger partial charge in [-0.3, -0.25) is 0 Å². The Kier molecular flexibility index (Phi) is 1.90. The maximum absolute atomic E-state index is 9.02. The van der Waals surface area contributed by atoms with Crippen molar-refractivity contribution in [3.05, 3.63) is 24.0 Å². The fraction of sp³-hybridized carbons (Fsp3) is 0.429. The lowest BCUT2D eigenvalue weighted by molar-refractivity contribution is 0.204. The highest BCUT2D eigenvalue weighted by Gasteiger charge is 2.11. The van der Waals surface area contributed by atoms with Crippen LogP contribution in [0.4, 0.5) is 0 Å². The van der Waals surface area contributed by atoms with Crippen LogP contribution in [0.15, 0.2) is 24.0 Å². The molecule has 0 bridgehead atoms. The van der Waals surface area contributed by atoms with E-state index in [2.05, 4.69) is 0 Å². The highest BCUT2D eigenvalue weighted by atomic mass is 16.3. The minimum absolute atomic E-state index is 0.0344. The molecule has 0 saturated heterocycles. The molecule has 0 aromatic heterocycles. The molecule has 2 heteroatoms. The Morgan fingerprint density at radius 1 is 1.67 bits per heavy atom. The van der Waals surface area contributed by atoms with E-state index in [0.29, 0.717) is 5.76 Å². The summed E-state index contributed by atoms with van der Waals surface area (Å²) in [6.07, 6.45) is 6.09. The number of hydrogen-bond donors (Lipinski definition) is 2. The van der Waals surface area contributed by atoms with Crippen molar-refractivity contribution in [1.29, 1.82) is 0 Å². The third-order valence-corrected chi connectivity index (χ3v) is 1.46. The van der Waals surface area contributed by atoms with Crippen LogP contribution in [0.25, 0.3) is 0 Å². The molecule has 0 aliphatic heterocycles.